The van der Waals surface area contributed by atoms with Gasteiger partial charge in [0.05, 0.1) is 0 Å². The van der Waals surface area contributed by atoms with Gasteiger partial charge in [-0.2, -0.15) is 0 Å². The summed E-state index contributed by atoms with van der Waals surface area (Å²) < 4.78 is 0. The second kappa shape index (κ2) is 6.98. The van der Waals surface area contributed by atoms with E-state index in [0.29, 0.717) is 11.8 Å². The van der Waals surface area contributed by atoms with Gasteiger partial charge in [-0.15, -0.1) is 0 Å². The Labute approximate surface area is 123 Å². The summed E-state index contributed by atoms with van der Waals surface area (Å²) in [5.74, 6) is 0.415. The number of hydrogen-bond acceptors (Lipinski definition) is 3. The first-order chi connectivity index (χ1) is 9.67. The zero-order valence-electron chi connectivity index (χ0n) is 13.0. The predicted molar refractivity (Wildman–Crippen MR) is 85.5 cm³/mol. The molecule has 1 saturated carbocycles. The summed E-state index contributed by atoms with van der Waals surface area (Å²) in [6.07, 6.45) is 5.01. The van der Waals surface area contributed by atoms with Crippen LogP contribution in [0.25, 0.3) is 0 Å². The first-order valence-corrected chi connectivity index (χ1v) is 8.00. The predicted octanol–water partition coefficient (Wildman–Crippen LogP) is 3.83. The summed E-state index contributed by atoms with van der Waals surface area (Å²) in [5.41, 5.74) is 2.16. The Morgan fingerprint density at radius 1 is 1.35 bits per heavy atom. The Morgan fingerprint density at radius 2 is 2.10 bits per heavy atom. The van der Waals surface area contributed by atoms with Crippen molar-refractivity contribution in [2.24, 2.45) is 0 Å². The largest absolute Gasteiger partial charge is 0.508 e. The Balaban J connectivity index is 2.13. The third-order valence-corrected chi connectivity index (χ3v) is 4.06. The van der Waals surface area contributed by atoms with Crippen molar-refractivity contribution < 1.29 is 5.11 Å². The van der Waals surface area contributed by atoms with E-state index in [-0.39, 0.29) is 6.04 Å². The molecular weight excluding hydrogens is 248 g/mol. The van der Waals surface area contributed by atoms with Crippen molar-refractivity contribution in [3.63, 3.8) is 0 Å². The second-order valence-corrected chi connectivity index (χ2v) is 5.80. The summed E-state index contributed by atoms with van der Waals surface area (Å²) in [7, 11) is 0. The molecule has 3 nitrogen and oxygen atoms in total. The van der Waals surface area contributed by atoms with Gasteiger partial charge in [-0.25, -0.2) is 0 Å². The van der Waals surface area contributed by atoms with E-state index in [1.807, 2.05) is 6.07 Å². The van der Waals surface area contributed by atoms with Gasteiger partial charge >= 0.3 is 0 Å². The molecule has 1 aromatic rings. The molecule has 0 aliphatic heterocycles. The van der Waals surface area contributed by atoms with Crippen LogP contribution in [0.5, 0.6) is 5.75 Å². The Kier molecular flexibility index (Phi) is 5.30. The van der Waals surface area contributed by atoms with Crippen LogP contribution >= 0.6 is 0 Å². The maximum Gasteiger partial charge on any atom is 0.122 e. The Hall–Kier alpha value is -1.22. The number of nitrogens with one attached hydrogen (secondary N) is 1. The molecule has 0 aromatic heterocycles. The molecule has 0 spiro atoms. The molecule has 1 fully saturated rings. The number of anilines is 1. The van der Waals surface area contributed by atoms with Crippen LogP contribution in [-0.2, 0) is 0 Å². The molecule has 0 amide bonds. The summed E-state index contributed by atoms with van der Waals surface area (Å²) in [6.45, 7) is 8.41. The lowest BCUT2D eigenvalue weighted by Gasteiger charge is -2.26. The zero-order valence-corrected chi connectivity index (χ0v) is 13.0. The van der Waals surface area contributed by atoms with E-state index in [1.54, 1.807) is 0 Å². The van der Waals surface area contributed by atoms with Gasteiger partial charge in [0.1, 0.15) is 5.75 Å². The smallest absolute Gasteiger partial charge is 0.122 e. The van der Waals surface area contributed by atoms with E-state index < -0.39 is 0 Å². The van der Waals surface area contributed by atoms with Gasteiger partial charge in [-0.05, 0) is 38.8 Å². The summed E-state index contributed by atoms with van der Waals surface area (Å²) in [4.78, 5) is 2.46. The van der Waals surface area contributed by atoms with Crippen LogP contribution in [0.15, 0.2) is 18.2 Å². The van der Waals surface area contributed by atoms with Gasteiger partial charge in [0.2, 0.25) is 0 Å². The molecule has 1 aliphatic rings. The van der Waals surface area contributed by atoms with Crippen LogP contribution in [-0.4, -0.2) is 24.2 Å². The monoisotopic (exact) mass is 276 g/mol. The Morgan fingerprint density at radius 3 is 2.65 bits per heavy atom. The van der Waals surface area contributed by atoms with Crippen molar-refractivity contribution in [2.75, 3.05) is 18.0 Å². The maximum absolute atomic E-state index is 10.3. The molecule has 1 unspecified atom stereocenters. The molecule has 20 heavy (non-hydrogen) atoms. The maximum atomic E-state index is 10.3. The van der Waals surface area contributed by atoms with Gasteiger partial charge in [0.15, 0.2) is 0 Å². The summed E-state index contributed by atoms with van der Waals surface area (Å²) in [5, 5.41) is 13.6. The number of hydrogen-bond donors (Lipinski definition) is 2. The molecule has 2 N–H and O–H groups in total. The van der Waals surface area contributed by atoms with Gasteiger partial charge in [-0.1, -0.05) is 26.3 Å². The van der Waals surface area contributed by atoms with E-state index in [9.17, 15) is 5.11 Å². The minimum absolute atomic E-state index is 0.194. The fourth-order valence-electron chi connectivity index (χ4n) is 2.73. The highest BCUT2D eigenvalue weighted by Gasteiger charge is 2.29. The highest BCUT2D eigenvalue weighted by atomic mass is 16.3. The molecule has 1 aromatic carbocycles. The lowest BCUT2D eigenvalue weighted by molar-refractivity contribution is 0.454. The lowest BCUT2D eigenvalue weighted by atomic mass is 10.1. The molecule has 3 heteroatoms. The summed E-state index contributed by atoms with van der Waals surface area (Å²) in [6, 6.07) is 7.06. The van der Waals surface area contributed by atoms with E-state index in [4.69, 9.17) is 0 Å². The minimum atomic E-state index is 0.194. The minimum Gasteiger partial charge on any atom is -0.508 e. The van der Waals surface area contributed by atoms with Crippen LogP contribution in [0.1, 0.15) is 58.1 Å². The third kappa shape index (κ3) is 3.66. The molecule has 1 aliphatic carbocycles. The first-order valence-electron chi connectivity index (χ1n) is 8.00. The van der Waals surface area contributed by atoms with Crippen molar-refractivity contribution in [1.82, 2.24) is 5.32 Å². The second-order valence-electron chi connectivity index (χ2n) is 5.80. The standard InChI is InChI=1S/C17H28N2O/c1-4-6-11-19(14-7-8-14)15-9-10-16(17(20)12-15)13(3)18-5-2/h9-10,12-14,18,20H,4-8,11H2,1-3H3. The average Bonchev–Trinajstić information content (AvgIpc) is 3.24. The molecule has 0 saturated heterocycles. The number of nitrogens with zero attached hydrogens (tertiary/aromatic N) is 1. The number of aromatic hydroxyl groups is 1. The molecule has 2 rings (SSSR count). The third-order valence-electron chi connectivity index (χ3n) is 4.06. The zero-order chi connectivity index (χ0) is 14.5. The molecule has 0 bridgehead atoms. The van der Waals surface area contributed by atoms with Crippen LogP contribution in [0.2, 0.25) is 0 Å². The van der Waals surface area contributed by atoms with Gasteiger partial charge < -0.3 is 15.3 Å². The van der Waals surface area contributed by atoms with E-state index >= 15 is 0 Å². The highest BCUT2D eigenvalue weighted by molar-refractivity contribution is 5.55. The normalized spacial score (nSPS) is 16.1. The number of unbranched alkanes of at least 4 members (excludes halogenated alkanes) is 1. The van der Waals surface area contributed by atoms with Crippen LogP contribution < -0.4 is 10.2 Å². The topological polar surface area (TPSA) is 35.5 Å². The van der Waals surface area contributed by atoms with Crippen LogP contribution in [0, 0.1) is 0 Å². The van der Waals surface area contributed by atoms with Crippen molar-refractivity contribution in [2.45, 2.75) is 58.5 Å². The van der Waals surface area contributed by atoms with Crippen LogP contribution in [0.3, 0.4) is 0 Å². The van der Waals surface area contributed by atoms with E-state index in [0.717, 1.165) is 18.7 Å². The lowest BCUT2D eigenvalue weighted by Crippen LogP contribution is -2.26. The summed E-state index contributed by atoms with van der Waals surface area (Å²) >= 11 is 0. The van der Waals surface area contributed by atoms with Gasteiger partial charge in [0, 0.05) is 35.9 Å². The molecular formula is C17H28N2O. The van der Waals surface area contributed by atoms with E-state index in [1.165, 1.54) is 31.4 Å². The molecule has 112 valence electrons. The highest BCUT2D eigenvalue weighted by Crippen LogP contribution is 2.35. The SMILES string of the molecule is CCCCN(c1ccc(C(C)NCC)c(O)c1)C1CC1. The van der Waals surface area contributed by atoms with Crippen molar-refractivity contribution in [3.8, 4) is 5.75 Å². The fourth-order valence-corrected chi connectivity index (χ4v) is 2.73. The van der Waals surface area contributed by atoms with Crippen molar-refractivity contribution in [3.05, 3.63) is 23.8 Å². The van der Waals surface area contributed by atoms with Crippen LogP contribution in [0.4, 0.5) is 5.69 Å². The average molecular weight is 276 g/mol. The molecule has 1 atom stereocenters. The molecule has 0 radical (unpaired) electrons. The number of benzene rings is 1. The quantitative estimate of drug-likeness (QED) is 0.757. The van der Waals surface area contributed by atoms with Gasteiger partial charge in [0.25, 0.3) is 0 Å². The number of phenols is 1. The van der Waals surface area contributed by atoms with Crippen molar-refractivity contribution in [1.29, 1.82) is 0 Å². The fraction of sp³-hybridized carbons (Fsp3) is 0.647. The number of phenolic OH excluding ortho intramolecular Hbond substituents is 1. The first kappa shape index (κ1) is 15.2. The van der Waals surface area contributed by atoms with Gasteiger partial charge in [-0.3, -0.25) is 0 Å². The Bertz CT molecular complexity index is 429. The number of rotatable bonds is 8. The van der Waals surface area contributed by atoms with Crippen molar-refractivity contribution >= 4 is 5.69 Å². The molecule has 0 heterocycles. The van der Waals surface area contributed by atoms with E-state index in [2.05, 4.69) is 43.1 Å².